The van der Waals surface area contributed by atoms with Crippen molar-refractivity contribution < 1.29 is 4.74 Å². The molecule has 2 nitrogen and oxygen atoms in total. The van der Waals surface area contributed by atoms with Crippen molar-refractivity contribution in [2.45, 2.75) is 31.8 Å². The van der Waals surface area contributed by atoms with E-state index in [-0.39, 0.29) is 5.60 Å². The van der Waals surface area contributed by atoms with Crippen LogP contribution in [-0.4, -0.2) is 23.7 Å². The molecular formula is C14H19NOS. The molecule has 17 heavy (non-hydrogen) atoms. The van der Waals surface area contributed by atoms with Gasteiger partial charge in [-0.15, -0.1) is 0 Å². The zero-order chi connectivity index (χ0) is 11.7. The fourth-order valence-corrected chi connectivity index (χ4v) is 3.75. The lowest BCUT2D eigenvalue weighted by molar-refractivity contribution is 0.101. The Morgan fingerprint density at radius 3 is 3.18 bits per heavy atom. The van der Waals surface area contributed by atoms with Crippen LogP contribution in [0.15, 0.2) is 18.2 Å². The Bertz CT molecular complexity index is 413. The van der Waals surface area contributed by atoms with Crippen LogP contribution in [0.4, 0.5) is 5.69 Å². The number of rotatable bonds is 2. The molecule has 1 fully saturated rings. The average molecular weight is 249 g/mol. The van der Waals surface area contributed by atoms with E-state index in [1.165, 1.54) is 29.8 Å². The van der Waals surface area contributed by atoms with Gasteiger partial charge in [-0.1, -0.05) is 0 Å². The quantitative estimate of drug-likeness (QED) is 0.869. The third kappa shape index (κ3) is 2.39. The molecule has 1 saturated heterocycles. The Balaban J connectivity index is 1.76. The third-order valence-electron chi connectivity index (χ3n) is 3.55. The maximum absolute atomic E-state index is 6.22. The minimum atomic E-state index is 0.0309. The van der Waals surface area contributed by atoms with Crippen molar-refractivity contribution in [1.29, 1.82) is 0 Å². The van der Waals surface area contributed by atoms with Gasteiger partial charge in [-0.2, -0.15) is 11.8 Å². The van der Waals surface area contributed by atoms with Crippen LogP contribution in [0.2, 0.25) is 0 Å². The lowest BCUT2D eigenvalue weighted by Crippen LogP contribution is -2.37. The molecular weight excluding hydrogens is 230 g/mol. The lowest BCUT2D eigenvalue weighted by atomic mass is 10.0. The molecule has 2 heterocycles. The fraction of sp³-hybridized carbons (Fsp3) is 0.571. The molecule has 1 aromatic rings. The van der Waals surface area contributed by atoms with Gasteiger partial charge in [-0.25, -0.2) is 0 Å². The van der Waals surface area contributed by atoms with E-state index in [0.717, 1.165) is 24.5 Å². The van der Waals surface area contributed by atoms with Crippen LogP contribution in [0, 0.1) is 0 Å². The summed E-state index contributed by atoms with van der Waals surface area (Å²) >= 11 is 2.01. The molecule has 2 aliphatic heterocycles. The molecule has 0 aliphatic carbocycles. The van der Waals surface area contributed by atoms with Gasteiger partial charge in [0.2, 0.25) is 0 Å². The zero-order valence-corrected chi connectivity index (χ0v) is 11.1. The number of ether oxygens (including phenoxy) is 1. The van der Waals surface area contributed by atoms with Gasteiger partial charge in [-0.05, 0) is 55.7 Å². The Hall–Kier alpha value is -0.830. The minimum absolute atomic E-state index is 0.0309. The minimum Gasteiger partial charge on any atom is -0.487 e. The number of thioether (sulfide) groups is 1. The average Bonchev–Trinajstić information content (AvgIpc) is 2.76. The SMILES string of the molecule is CC1(Oc2ccc3c(c2)CCN3)CCCSC1. The summed E-state index contributed by atoms with van der Waals surface area (Å²) in [6.07, 6.45) is 3.57. The van der Waals surface area contributed by atoms with E-state index in [1.54, 1.807) is 0 Å². The van der Waals surface area contributed by atoms with E-state index in [4.69, 9.17) is 4.74 Å². The highest BCUT2D eigenvalue weighted by Gasteiger charge is 2.29. The van der Waals surface area contributed by atoms with Gasteiger partial charge in [0.1, 0.15) is 11.4 Å². The molecule has 0 spiro atoms. The van der Waals surface area contributed by atoms with Gasteiger partial charge >= 0.3 is 0 Å². The van der Waals surface area contributed by atoms with Gasteiger partial charge in [0.25, 0.3) is 0 Å². The van der Waals surface area contributed by atoms with E-state index < -0.39 is 0 Å². The largest absolute Gasteiger partial charge is 0.487 e. The van der Waals surface area contributed by atoms with Crippen LogP contribution < -0.4 is 10.1 Å². The molecule has 1 unspecified atom stereocenters. The molecule has 1 aromatic carbocycles. The van der Waals surface area contributed by atoms with Gasteiger partial charge in [0.05, 0.1) is 0 Å². The highest BCUT2D eigenvalue weighted by molar-refractivity contribution is 7.99. The molecule has 3 heteroatoms. The maximum atomic E-state index is 6.22. The number of benzene rings is 1. The standard InChI is InChI=1S/C14H19NOS/c1-14(6-2-8-17-10-14)16-12-3-4-13-11(9-12)5-7-15-13/h3-4,9,15H,2,5-8,10H2,1H3. The molecule has 0 aromatic heterocycles. The molecule has 2 aliphatic rings. The number of hydrogen-bond acceptors (Lipinski definition) is 3. The van der Waals surface area contributed by atoms with Crippen molar-refractivity contribution in [2.75, 3.05) is 23.4 Å². The van der Waals surface area contributed by atoms with E-state index in [9.17, 15) is 0 Å². The van der Waals surface area contributed by atoms with Crippen molar-refractivity contribution >= 4 is 17.4 Å². The highest BCUT2D eigenvalue weighted by atomic mass is 32.2. The number of hydrogen-bond donors (Lipinski definition) is 1. The zero-order valence-electron chi connectivity index (χ0n) is 10.3. The van der Waals surface area contributed by atoms with Crippen LogP contribution in [0.3, 0.4) is 0 Å². The predicted molar refractivity (Wildman–Crippen MR) is 74.2 cm³/mol. The van der Waals surface area contributed by atoms with Gasteiger partial charge < -0.3 is 10.1 Å². The summed E-state index contributed by atoms with van der Waals surface area (Å²) in [5, 5.41) is 3.38. The molecule has 0 saturated carbocycles. The topological polar surface area (TPSA) is 21.3 Å². The van der Waals surface area contributed by atoms with Crippen molar-refractivity contribution in [3.8, 4) is 5.75 Å². The monoisotopic (exact) mass is 249 g/mol. The van der Waals surface area contributed by atoms with E-state index in [2.05, 4.69) is 30.4 Å². The molecule has 3 rings (SSSR count). The van der Waals surface area contributed by atoms with Gasteiger partial charge in [0, 0.05) is 18.0 Å². The molecule has 92 valence electrons. The second-order valence-corrected chi connectivity index (χ2v) is 6.31. The summed E-state index contributed by atoms with van der Waals surface area (Å²) in [6, 6.07) is 6.46. The summed E-state index contributed by atoms with van der Waals surface area (Å²) < 4.78 is 6.22. The Morgan fingerprint density at radius 1 is 1.41 bits per heavy atom. The van der Waals surface area contributed by atoms with Crippen LogP contribution in [0.25, 0.3) is 0 Å². The molecule has 1 N–H and O–H groups in total. The summed E-state index contributed by atoms with van der Waals surface area (Å²) in [6.45, 7) is 3.30. The second-order valence-electron chi connectivity index (χ2n) is 5.20. The molecule has 0 bridgehead atoms. The molecule has 0 amide bonds. The van der Waals surface area contributed by atoms with E-state index in [0.29, 0.717) is 0 Å². The van der Waals surface area contributed by atoms with Crippen LogP contribution in [-0.2, 0) is 6.42 Å². The Labute approximate surface area is 107 Å². The maximum Gasteiger partial charge on any atom is 0.120 e. The number of anilines is 1. The van der Waals surface area contributed by atoms with Gasteiger partial charge in [-0.3, -0.25) is 0 Å². The third-order valence-corrected chi connectivity index (χ3v) is 4.94. The Morgan fingerprint density at radius 2 is 2.35 bits per heavy atom. The Kier molecular flexibility index (Phi) is 2.95. The summed E-state index contributed by atoms with van der Waals surface area (Å²) in [5.41, 5.74) is 2.71. The summed E-state index contributed by atoms with van der Waals surface area (Å²) in [4.78, 5) is 0. The normalized spacial score (nSPS) is 27.4. The second kappa shape index (κ2) is 4.45. The van der Waals surface area contributed by atoms with E-state index in [1.807, 2.05) is 11.8 Å². The highest BCUT2D eigenvalue weighted by Crippen LogP contribution is 2.33. The predicted octanol–water partition coefficient (Wildman–Crippen LogP) is 3.32. The van der Waals surface area contributed by atoms with Crippen molar-refractivity contribution in [2.24, 2.45) is 0 Å². The van der Waals surface area contributed by atoms with Crippen LogP contribution >= 0.6 is 11.8 Å². The summed E-state index contributed by atoms with van der Waals surface area (Å²) in [7, 11) is 0. The number of nitrogens with one attached hydrogen (secondary N) is 1. The lowest BCUT2D eigenvalue weighted by Gasteiger charge is -2.34. The number of fused-ring (bicyclic) bond motifs is 1. The first-order chi connectivity index (χ1) is 8.25. The first-order valence-corrected chi connectivity index (χ1v) is 7.54. The fourth-order valence-electron chi connectivity index (χ4n) is 2.62. The molecule has 0 radical (unpaired) electrons. The van der Waals surface area contributed by atoms with Crippen molar-refractivity contribution in [3.63, 3.8) is 0 Å². The van der Waals surface area contributed by atoms with Crippen LogP contribution in [0.1, 0.15) is 25.3 Å². The first kappa shape index (κ1) is 11.3. The molecule has 1 atom stereocenters. The van der Waals surface area contributed by atoms with Crippen LogP contribution in [0.5, 0.6) is 5.75 Å². The van der Waals surface area contributed by atoms with E-state index >= 15 is 0 Å². The van der Waals surface area contributed by atoms with Crippen molar-refractivity contribution in [3.05, 3.63) is 23.8 Å². The van der Waals surface area contributed by atoms with Gasteiger partial charge in [0.15, 0.2) is 0 Å². The first-order valence-electron chi connectivity index (χ1n) is 6.39. The van der Waals surface area contributed by atoms with Crippen molar-refractivity contribution in [1.82, 2.24) is 0 Å². The smallest absolute Gasteiger partial charge is 0.120 e. The summed E-state index contributed by atoms with van der Waals surface area (Å²) in [5.74, 6) is 3.44.